The topological polar surface area (TPSA) is 73.1 Å². The van der Waals surface area contributed by atoms with Gasteiger partial charge in [0.25, 0.3) is 0 Å². The van der Waals surface area contributed by atoms with Crippen molar-refractivity contribution in [3.05, 3.63) is 34.6 Å². The van der Waals surface area contributed by atoms with Crippen LogP contribution in [-0.4, -0.2) is 17.1 Å². The van der Waals surface area contributed by atoms with Crippen LogP contribution in [0.5, 0.6) is 5.75 Å². The van der Waals surface area contributed by atoms with Gasteiger partial charge in [-0.3, -0.25) is 0 Å². The molecule has 0 radical (unpaired) electrons. The lowest BCUT2D eigenvalue weighted by atomic mass is 10.2. The van der Waals surface area contributed by atoms with Crippen LogP contribution in [-0.2, 0) is 6.42 Å². The number of halogens is 1. The molecule has 0 spiro atoms. The fourth-order valence-electron chi connectivity index (χ4n) is 1.74. The second-order valence-corrected chi connectivity index (χ2v) is 4.73. The maximum absolute atomic E-state index is 6.01. The number of nitrogens with one attached hydrogen (secondary N) is 1. The number of nitrogens with zero attached hydrogens (tertiary/aromatic N) is 2. The molecule has 1 aromatic heterocycles. The van der Waals surface area contributed by atoms with Crippen LogP contribution >= 0.6 is 11.6 Å². The molecule has 1 heterocycles. The quantitative estimate of drug-likeness (QED) is 0.904. The summed E-state index contributed by atoms with van der Waals surface area (Å²) in [5.41, 5.74) is 7.54. The number of aryl methyl sites for hydroxylation is 1. The van der Waals surface area contributed by atoms with Gasteiger partial charge >= 0.3 is 0 Å². The van der Waals surface area contributed by atoms with Crippen LogP contribution in [0.3, 0.4) is 0 Å². The summed E-state index contributed by atoms with van der Waals surface area (Å²) in [6.45, 7) is 3.86. The van der Waals surface area contributed by atoms with Crippen molar-refractivity contribution in [3.63, 3.8) is 0 Å². The zero-order valence-electron chi connectivity index (χ0n) is 11.7. The van der Waals surface area contributed by atoms with E-state index in [1.807, 2.05) is 26.0 Å². The van der Waals surface area contributed by atoms with Crippen molar-refractivity contribution < 1.29 is 4.74 Å². The highest BCUT2D eigenvalue weighted by molar-refractivity contribution is 6.32. The van der Waals surface area contributed by atoms with E-state index in [0.29, 0.717) is 28.2 Å². The van der Waals surface area contributed by atoms with Crippen molar-refractivity contribution in [3.8, 4) is 5.75 Å². The Morgan fingerprint density at radius 2 is 2.10 bits per heavy atom. The smallest absolute Gasteiger partial charge is 0.139 e. The lowest BCUT2D eigenvalue weighted by Crippen LogP contribution is -2.06. The summed E-state index contributed by atoms with van der Waals surface area (Å²) < 4.78 is 5.19. The van der Waals surface area contributed by atoms with Gasteiger partial charge < -0.3 is 15.8 Å². The summed E-state index contributed by atoms with van der Waals surface area (Å²) in [6.07, 6.45) is 0.725. The molecule has 2 rings (SSSR count). The van der Waals surface area contributed by atoms with Crippen molar-refractivity contribution in [2.45, 2.75) is 20.3 Å². The fourth-order valence-corrected chi connectivity index (χ4v) is 1.93. The lowest BCUT2D eigenvalue weighted by Gasteiger charge is -2.12. The average molecular weight is 293 g/mol. The molecule has 0 amide bonds. The average Bonchev–Trinajstić information content (AvgIpc) is 2.45. The van der Waals surface area contributed by atoms with Gasteiger partial charge in [-0.2, -0.15) is 0 Å². The van der Waals surface area contributed by atoms with Crippen LogP contribution in [0.4, 0.5) is 17.3 Å². The molecule has 0 atom stereocenters. The van der Waals surface area contributed by atoms with Crippen molar-refractivity contribution >= 4 is 28.9 Å². The SMILES string of the molecule is CCc1nc(N)c(C)c(Nc2ccc(Cl)c(OC)c2)n1. The van der Waals surface area contributed by atoms with Gasteiger partial charge in [-0.05, 0) is 19.1 Å². The van der Waals surface area contributed by atoms with Crippen LogP contribution in [0.15, 0.2) is 18.2 Å². The van der Waals surface area contributed by atoms with E-state index in [0.717, 1.165) is 17.7 Å². The van der Waals surface area contributed by atoms with Crippen LogP contribution in [0.1, 0.15) is 18.3 Å². The molecule has 106 valence electrons. The van der Waals surface area contributed by atoms with E-state index in [-0.39, 0.29) is 0 Å². The van der Waals surface area contributed by atoms with Crippen molar-refractivity contribution in [1.29, 1.82) is 0 Å². The van der Waals surface area contributed by atoms with E-state index >= 15 is 0 Å². The van der Waals surface area contributed by atoms with E-state index in [4.69, 9.17) is 22.1 Å². The summed E-state index contributed by atoms with van der Waals surface area (Å²) in [7, 11) is 1.58. The van der Waals surface area contributed by atoms with Crippen molar-refractivity contribution in [2.75, 3.05) is 18.2 Å². The van der Waals surface area contributed by atoms with Gasteiger partial charge in [-0.25, -0.2) is 9.97 Å². The standard InChI is InChI=1S/C14H17ClN4O/c1-4-12-18-13(16)8(2)14(19-12)17-9-5-6-10(15)11(7-9)20-3/h5-7H,4H2,1-3H3,(H3,16,17,18,19). The number of nitrogen functional groups attached to an aromatic ring is 1. The predicted molar refractivity (Wildman–Crippen MR) is 81.8 cm³/mol. The van der Waals surface area contributed by atoms with E-state index in [1.54, 1.807) is 13.2 Å². The van der Waals surface area contributed by atoms with E-state index in [1.165, 1.54) is 0 Å². The number of nitrogens with two attached hydrogens (primary N) is 1. The maximum Gasteiger partial charge on any atom is 0.139 e. The Hall–Kier alpha value is -2.01. The zero-order chi connectivity index (χ0) is 14.7. The van der Waals surface area contributed by atoms with Gasteiger partial charge in [0.15, 0.2) is 0 Å². The maximum atomic E-state index is 6.01. The Bertz CT molecular complexity index is 631. The molecule has 1 aromatic carbocycles. The first-order valence-corrected chi connectivity index (χ1v) is 6.66. The molecule has 3 N–H and O–H groups in total. The number of benzene rings is 1. The fraction of sp³-hybridized carbons (Fsp3) is 0.286. The van der Waals surface area contributed by atoms with Crippen LogP contribution in [0.2, 0.25) is 5.02 Å². The molecule has 20 heavy (non-hydrogen) atoms. The number of hydrogen-bond acceptors (Lipinski definition) is 5. The number of anilines is 3. The summed E-state index contributed by atoms with van der Waals surface area (Å²) in [5, 5.41) is 3.78. The van der Waals surface area contributed by atoms with Gasteiger partial charge in [0.2, 0.25) is 0 Å². The molecule has 6 heteroatoms. The first-order valence-electron chi connectivity index (χ1n) is 6.28. The Kier molecular flexibility index (Phi) is 4.29. The first kappa shape index (κ1) is 14.4. The van der Waals surface area contributed by atoms with Gasteiger partial charge in [-0.15, -0.1) is 0 Å². The van der Waals surface area contributed by atoms with Crippen LogP contribution < -0.4 is 15.8 Å². The summed E-state index contributed by atoms with van der Waals surface area (Å²) in [5.74, 6) is 2.49. The van der Waals surface area contributed by atoms with Crippen molar-refractivity contribution in [1.82, 2.24) is 9.97 Å². The number of rotatable bonds is 4. The zero-order valence-corrected chi connectivity index (χ0v) is 12.5. The highest BCUT2D eigenvalue weighted by Crippen LogP contribution is 2.29. The van der Waals surface area contributed by atoms with Gasteiger partial charge in [-0.1, -0.05) is 18.5 Å². The first-order chi connectivity index (χ1) is 9.55. The second kappa shape index (κ2) is 5.96. The molecule has 2 aromatic rings. The summed E-state index contributed by atoms with van der Waals surface area (Å²) >= 11 is 6.01. The molecule has 0 unspecified atom stereocenters. The molecular formula is C14H17ClN4O. The molecule has 0 saturated carbocycles. The van der Waals surface area contributed by atoms with Gasteiger partial charge in [0.05, 0.1) is 12.1 Å². The van der Waals surface area contributed by atoms with Crippen LogP contribution in [0, 0.1) is 6.92 Å². The molecule has 0 aliphatic heterocycles. The largest absolute Gasteiger partial charge is 0.495 e. The second-order valence-electron chi connectivity index (χ2n) is 4.33. The highest BCUT2D eigenvalue weighted by Gasteiger charge is 2.09. The monoisotopic (exact) mass is 292 g/mol. The van der Waals surface area contributed by atoms with E-state index in [9.17, 15) is 0 Å². The molecule has 0 fully saturated rings. The minimum absolute atomic E-state index is 0.486. The van der Waals surface area contributed by atoms with E-state index in [2.05, 4.69) is 15.3 Å². The highest BCUT2D eigenvalue weighted by atomic mass is 35.5. The normalized spacial score (nSPS) is 10.4. The third kappa shape index (κ3) is 2.93. The third-order valence-corrected chi connectivity index (χ3v) is 3.27. The number of methoxy groups -OCH3 is 1. The number of hydrogen-bond donors (Lipinski definition) is 2. The number of aromatic nitrogens is 2. The molecule has 5 nitrogen and oxygen atoms in total. The third-order valence-electron chi connectivity index (χ3n) is 2.96. The van der Waals surface area contributed by atoms with E-state index < -0.39 is 0 Å². The molecule has 0 bridgehead atoms. The van der Waals surface area contributed by atoms with Gasteiger partial charge in [0, 0.05) is 23.7 Å². The number of ether oxygens (including phenoxy) is 1. The molecule has 0 aliphatic carbocycles. The molecular weight excluding hydrogens is 276 g/mol. The van der Waals surface area contributed by atoms with Crippen molar-refractivity contribution in [2.24, 2.45) is 0 Å². The Labute approximate surface area is 123 Å². The van der Waals surface area contributed by atoms with Gasteiger partial charge in [0.1, 0.15) is 23.2 Å². The Balaban J connectivity index is 2.36. The minimum atomic E-state index is 0.486. The predicted octanol–water partition coefficient (Wildman–Crippen LogP) is 3.34. The Morgan fingerprint density at radius 1 is 1.35 bits per heavy atom. The molecule has 0 saturated heterocycles. The minimum Gasteiger partial charge on any atom is -0.495 e. The summed E-state index contributed by atoms with van der Waals surface area (Å²) in [6, 6.07) is 5.43. The molecule has 0 aliphatic rings. The summed E-state index contributed by atoms with van der Waals surface area (Å²) in [4.78, 5) is 8.67. The Morgan fingerprint density at radius 3 is 2.75 bits per heavy atom. The van der Waals surface area contributed by atoms with Crippen LogP contribution in [0.25, 0.3) is 0 Å². The lowest BCUT2D eigenvalue weighted by molar-refractivity contribution is 0.415.